The van der Waals surface area contributed by atoms with Crippen molar-refractivity contribution in [2.45, 2.75) is 4.90 Å². The molecule has 1 aromatic carbocycles. The van der Waals surface area contributed by atoms with Gasteiger partial charge in [-0.1, -0.05) is 35.0 Å². The van der Waals surface area contributed by atoms with Gasteiger partial charge in [0.1, 0.15) is 0 Å². The molecular weight excluding hydrogens is 307 g/mol. The number of nitrogens with one attached hydrogen (secondary N) is 1. The third kappa shape index (κ3) is 6.11. The molecule has 0 fully saturated rings. The monoisotopic (exact) mass is 316 g/mol. The van der Waals surface area contributed by atoms with Gasteiger partial charge in [-0.15, -0.1) is 24.2 Å². The van der Waals surface area contributed by atoms with E-state index in [0.717, 1.165) is 16.4 Å². The van der Waals surface area contributed by atoms with Crippen molar-refractivity contribution >= 4 is 64.3 Å². The lowest BCUT2D eigenvalue weighted by Gasteiger charge is -2.04. The first-order chi connectivity index (χ1) is 7.09. The summed E-state index contributed by atoms with van der Waals surface area (Å²) in [4.78, 5) is 0.966. The van der Waals surface area contributed by atoms with Crippen molar-refractivity contribution in [3.63, 3.8) is 0 Å². The van der Waals surface area contributed by atoms with Crippen LogP contribution in [0, 0.1) is 5.41 Å². The number of hydrogen-bond acceptors (Lipinski definition) is 3. The maximum atomic E-state index is 7.04. The van der Waals surface area contributed by atoms with Crippen LogP contribution >= 0.6 is 59.1 Å². The average molecular weight is 318 g/mol. The molecule has 0 bridgehead atoms. The molecule has 3 N–H and O–H groups in total. The lowest BCUT2D eigenvalue weighted by Crippen LogP contribution is -2.05. The summed E-state index contributed by atoms with van der Waals surface area (Å²) in [5.41, 5.74) is 5.22. The minimum atomic E-state index is 0. The zero-order valence-electron chi connectivity index (χ0n) is 8.20. The van der Waals surface area contributed by atoms with Crippen LogP contribution in [0.4, 0.5) is 0 Å². The van der Waals surface area contributed by atoms with Gasteiger partial charge in [0.25, 0.3) is 0 Å². The highest BCUT2D eigenvalue weighted by molar-refractivity contribution is 8.14. The molecule has 0 atom stereocenters. The molecule has 0 spiro atoms. The summed E-state index contributed by atoms with van der Waals surface area (Å²) >= 11 is 14.8. The van der Waals surface area contributed by atoms with Crippen LogP contribution in [0.2, 0.25) is 10.0 Å². The van der Waals surface area contributed by atoms with E-state index >= 15 is 0 Å². The Bertz CT molecular complexity index is 361. The molecule has 90 valence electrons. The normalized spacial score (nSPS) is 9.62. The average Bonchev–Trinajstić information content (AvgIpc) is 2.17. The molecule has 1 rings (SSSR count). The molecule has 0 heterocycles. The topological polar surface area (TPSA) is 49.9 Å². The van der Waals surface area contributed by atoms with Gasteiger partial charge in [-0.2, -0.15) is 0 Å². The van der Waals surface area contributed by atoms with Crippen molar-refractivity contribution in [2.24, 2.45) is 5.73 Å². The molecule has 0 aromatic heterocycles. The highest BCUT2D eigenvalue weighted by atomic mass is 35.5. The molecule has 16 heavy (non-hydrogen) atoms. The molecule has 0 saturated carbocycles. The summed E-state index contributed by atoms with van der Waals surface area (Å²) in [5.74, 6) is 1.65. The molecule has 0 unspecified atom stereocenters. The van der Waals surface area contributed by atoms with E-state index in [4.69, 9.17) is 34.3 Å². The van der Waals surface area contributed by atoms with Crippen LogP contribution in [0.5, 0.6) is 0 Å². The SMILES string of the molecule is Cl.N=C(N)SCCSc1cc(Cl)ccc1Cl. The van der Waals surface area contributed by atoms with Crippen molar-refractivity contribution < 1.29 is 0 Å². The predicted molar refractivity (Wildman–Crippen MR) is 78.8 cm³/mol. The van der Waals surface area contributed by atoms with Crippen molar-refractivity contribution in [1.29, 1.82) is 5.41 Å². The van der Waals surface area contributed by atoms with E-state index in [9.17, 15) is 0 Å². The van der Waals surface area contributed by atoms with Gasteiger partial charge in [-0.3, -0.25) is 5.41 Å². The van der Waals surface area contributed by atoms with Crippen molar-refractivity contribution in [3.8, 4) is 0 Å². The number of nitrogens with two attached hydrogens (primary N) is 1. The molecule has 0 amide bonds. The Balaban J connectivity index is 0.00000225. The van der Waals surface area contributed by atoms with Gasteiger partial charge >= 0.3 is 0 Å². The second-order valence-electron chi connectivity index (χ2n) is 2.64. The van der Waals surface area contributed by atoms with E-state index in [1.165, 1.54) is 11.8 Å². The fourth-order valence-corrected chi connectivity index (χ4v) is 2.93. The van der Waals surface area contributed by atoms with E-state index in [-0.39, 0.29) is 17.6 Å². The lowest BCUT2D eigenvalue weighted by molar-refractivity contribution is 1.43. The van der Waals surface area contributed by atoms with Crippen LogP contribution in [0.1, 0.15) is 0 Å². The number of amidine groups is 1. The van der Waals surface area contributed by atoms with Crippen LogP contribution in [0.25, 0.3) is 0 Å². The quantitative estimate of drug-likeness (QED) is 0.380. The third-order valence-electron chi connectivity index (χ3n) is 1.49. The number of hydrogen-bond donors (Lipinski definition) is 2. The molecule has 0 aliphatic heterocycles. The second kappa shape index (κ2) is 8.37. The van der Waals surface area contributed by atoms with Crippen LogP contribution in [0.15, 0.2) is 23.1 Å². The standard InChI is InChI=1S/C9H10Cl2N2S2.ClH/c10-6-1-2-7(11)8(5-6)14-3-4-15-9(12)13;/h1-2,5H,3-4H2,(H3,12,13);1H. The van der Waals surface area contributed by atoms with E-state index in [2.05, 4.69) is 0 Å². The van der Waals surface area contributed by atoms with Gasteiger partial charge in [0.2, 0.25) is 0 Å². The number of halogens is 3. The van der Waals surface area contributed by atoms with Gasteiger partial charge < -0.3 is 5.73 Å². The first-order valence-corrected chi connectivity index (χ1v) is 6.87. The number of rotatable bonds is 4. The minimum absolute atomic E-state index is 0. The maximum absolute atomic E-state index is 7.04. The third-order valence-corrected chi connectivity index (χ3v) is 4.20. The summed E-state index contributed by atoms with van der Waals surface area (Å²) in [6.45, 7) is 0. The van der Waals surface area contributed by atoms with Crippen molar-refractivity contribution in [3.05, 3.63) is 28.2 Å². The molecule has 7 heteroatoms. The zero-order chi connectivity index (χ0) is 11.3. The molecule has 0 aliphatic carbocycles. The van der Waals surface area contributed by atoms with Crippen LogP contribution < -0.4 is 5.73 Å². The molecule has 2 nitrogen and oxygen atoms in total. The number of benzene rings is 1. The van der Waals surface area contributed by atoms with Gasteiger partial charge in [0.05, 0.1) is 5.02 Å². The molecule has 0 aliphatic rings. The van der Waals surface area contributed by atoms with Gasteiger partial charge in [-0.05, 0) is 18.2 Å². The molecular formula is C9H11Cl3N2S2. The Labute approximate surface area is 120 Å². The largest absolute Gasteiger partial charge is 0.379 e. The second-order valence-corrected chi connectivity index (χ2v) is 5.75. The smallest absolute Gasteiger partial charge is 0.151 e. The van der Waals surface area contributed by atoms with Crippen LogP contribution in [0.3, 0.4) is 0 Å². The van der Waals surface area contributed by atoms with Gasteiger partial charge in [0.15, 0.2) is 5.17 Å². The summed E-state index contributed by atoms with van der Waals surface area (Å²) in [6, 6.07) is 5.38. The fourth-order valence-electron chi connectivity index (χ4n) is 0.891. The molecule has 0 saturated heterocycles. The van der Waals surface area contributed by atoms with Crippen LogP contribution in [-0.2, 0) is 0 Å². The lowest BCUT2D eigenvalue weighted by atomic mass is 10.4. The van der Waals surface area contributed by atoms with E-state index in [1.54, 1.807) is 23.9 Å². The Morgan fingerprint density at radius 3 is 2.62 bits per heavy atom. The van der Waals surface area contributed by atoms with Gasteiger partial charge in [0, 0.05) is 21.4 Å². The van der Waals surface area contributed by atoms with Gasteiger partial charge in [-0.25, -0.2) is 0 Å². The minimum Gasteiger partial charge on any atom is -0.379 e. The summed E-state index contributed by atoms with van der Waals surface area (Å²) in [5, 5.41) is 8.57. The van der Waals surface area contributed by atoms with Crippen molar-refractivity contribution in [2.75, 3.05) is 11.5 Å². The van der Waals surface area contributed by atoms with Crippen molar-refractivity contribution in [1.82, 2.24) is 0 Å². The highest BCUT2D eigenvalue weighted by Gasteiger charge is 2.02. The zero-order valence-corrected chi connectivity index (χ0v) is 12.2. The van der Waals surface area contributed by atoms with E-state index in [1.807, 2.05) is 6.07 Å². The van der Waals surface area contributed by atoms with Crippen LogP contribution in [-0.4, -0.2) is 16.7 Å². The van der Waals surface area contributed by atoms with E-state index in [0.29, 0.717) is 10.0 Å². The Morgan fingerprint density at radius 1 is 1.31 bits per heavy atom. The summed E-state index contributed by atoms with van der Waals surface area (Å²) in [6.07, 6.45) is 0. The summed E-state index contributed by atoms with van der Waals surface area (Å²) < 4.78 is 0. The first kappa shape index (κ1) is 16.3. The number of thioether (sulfide) groups is 2. The molecule has 1 aromatic rings. The maximum Gasteiger partial charge on any atom is 0.151 e. The van der Waals surface area contributed by atoms with E-state index < -0.39 is 0 Å². The molecule has 0 radical (unpaired) electrons. The highest BCUT2D eigenvalue weighted by Crippen LogP contribution is 2.30. The Morgan fingerprint density at radius 2 is 2.00 bits per heavy atom. The first-order valence-electron chi connectivity index (χ1n) is 4.14. The summed E-state index contributed by atoms with van der Waals surface area (Å²) in [7, 11) is 0. The predicted octanol–water partition coefficient (Wildman–Crippen LogP) is 4.13. The fraction of sp³-hybridized carbons (Fsp3) is 0.222. The Kier molecular flexibility index (Phi) is 8.50. The Hall–Kier alpha value is 0.260.